The average molecular weight is 480 g/mol. The molecule has 1 N–H and O–H groups in total. The summed E-state index contributed by atoms with van der Waals surface area (Å²) in [5, 5.41) is 3.21. The third kappa shape index (κ3) is 6.03. The van der Waals surface area contributed by atoms with Crippen molar-refractivity contribution in [2.75, 3.05) is 46.5 Å². The lowest BCUT2D eigenvalue weighted by Crippen LogP contribution is -2.45. The maximum absolute atomic E-state index is 13.6. The molecular formula is C28H37N3O4. The van der Waals surface area contributed by atoms with Crippen LogP contribution in [-0.4, -0.2) is 68.1 Å². The van der Waals surface area contributed by atoms with E-state index in [0.29, 0.717) is 26.3 Å². The molecule has 0 bridgehead atoms. The molecule has 0 saturated carbocycles. The minimum atomic E-state index is -0.422. The highest BCUT2D eigenvalue weighted by Gasteiger charge is 2.44. The average Bonchev–Trinajstić information content (AvgIpc) is 3.24. The summed E-state index contributed by atoms with van der Waals surface area (Å²) in [6.07, 6.45) is 2.15. The number of carbonyl (C=O) groups excluding carboxylic acids is 2. The van der Waals surface area contributed by atoms with Gasteiger partial charge in [0.1, 0.15) is 5.75 Å². The molecule has 0 radical (unpaired) electrons. The highest BCUT2D eigenvalue weighted by molar-refractivity contribution is 5.90. The summed E-state index contributed by atoms with van der Waals surface area (Å²) >= 11 is 0. The number of unbranched alkanes of at least 4 members (excludes halogenated alkanes) is 1. The first-order chi connectivity index (χ1) is 17.1. The number of likely N-dealkylation sites (tertiary alicyclic amines) is 1. The molecule has 0 spiro atoms. The first-order valence-electron chi connectivity index (χ1n) is 12.7. The number of morpholine rings is 1. The summed E-state index contributed by atoms with van der Waals surface area (Å²) in [6, 6.07) is 17.8. The fraction of sp³-hybridized carbons (Fsp3) is 0.500. The summed E-state index contributed by atoms with van der Waals surface area (Å²) in [7, 11) is 1.63. The number of methoxy groups -OCH3 is 1. The van der Waals surface area contributed by atoms with E-state index in [9.17, 15) is 9.59 Å². The van der Waals surface area contributed by atoms with E-state index < -0.39 is 5.92 Å². The Morgan fingerprint density at radius 2 is 1.83 bits per heavy atom. The number of benzene rings is 2. The van der Waals surface area contributed by atoms with E-state index in [-0.39, 0.29) is 30.3 Å². The molecule has 3 atom stereocenters. The number of hydrogen-bond donors (Lipinski definition) is 1. The summed E-state index contributed by atoms with van der Waals surface area (Å²) in [6.45, 7) is 6.32. The lowest BCUT2D eigenvalue weighted by Gasteiger charge is -2.35. The van der Waals surface area contributed by atoms with Crippen LogP contribution in [0.5, 0.6) is 5.75 Å². The van der Waals surface area contributed by atoms with Gasteiger partial charge in [-0.15, -0.1) is 0 Å². The zero-order valence-corrected chi connectivity index (χ0v) is 20.8. The third-order valence-electron chi connectivity index (χ3n) is 7.12. The second kappa shape index (κ2) is 12.2. The number of carbonyl (C=O) groups is 2. The molecule has 2 heterocycles. The van der Waals surface area contributed by atoms with E-state index in [2.05, 4.69) is 29.3 Å². The fourth-order valence-electron chi connectivity index (χ4n) is 5.18. The molecule has 2 saturated heterocycles. The summed E-state index contributed by atoms with van der Waals surface area (Å²) in [5.41, 5.74) is 2.15. The number of nitrogens with one attached hydrogen (secondary N) is 1. The number of hydrogen-bond acceptors (Lipinski definition) is 5. The lowest BCUT2D eigenvalue weighted by atomic mass is 9.92. The smallest absolute Gasteiger partial charge is 0.226 e. The molecule has 4 rings (SSSR count). The highest BCUT2D eigenvalue weighted by atomic mass is 16.5. The third-order valence-corrected chi connectivity index (χ3v) is 7.12. The van der Waals surface area contributed by atoms with Crippen molar-refractivity contribution in [2.45, 2.75) is 38.3 Å². The largest absolute Gasteiger partial charge is 0.497 e. The van der Waals surface area contributed by atoms with E-state index in [0.717, 1.165) is 37.2 Å². The molecule has 0 aliphatic carbocycles. The van der Waals surface area contributed by atoms with Crippen LogP contribution in [0.2, 0.25) is 0 Å². The molecule has 7 nitrogen and oxygen atoms in total. The van der Waals surface area contributed by atoms with Crippen molar-refractivity contribution < 1.29 is 19.1 Å². The zero-order valence-electron chi connectivity index (χ0n) is 20.8. The van der Waals surface area contributed by atoms with Crippen LogP contribution in [0, 0.1) is 5.92 Å². The molecule has 2 aromatic carbocycles. The van der Waals surface area contributed by atoms with Crippen molar-refractivity contribution >= 4 is 11.8 Å². The molecule has 35 heavy (non-hydrogen) atoms. The van der Waals surface area contributed by atoms with Crippen LogP contribution in [0.3, 0.4) is 0 Å². The Morgan fingerprint density at radius 3 is 2.49 bits per heavy atom. The number of rotatable bonds is 10. The standard InChI is InChI=1S/C28H37N3O4/c1-3-4-14-31-26(32)19-24(27(31)22-10-12-23(34-2)13-11-22)28(33)29-20-25(21-8-6-5-7-9-21)30-15-17-35-18-16-30/h5-13,24-25,27H,3-4,14-20H2,1-2H3,(H,29,33). The zero-order chi connectivity index (χ0) is 24.6. The molecular weight excluding hydrogens is 442 g/mol. The normalized spacial score (nSPS) is 21.7. The minimum Gasteiger partial charge on any atom is -0.497 e. The Morgan fingerprint density at radius 1 is 1.11 bits per heavy atom. The van der Waals surface area contributed by atoms with Crippen LogP contribution >= 0.6 is 0 Å². The highest BCUT2D eigenvalue weighted by Crippen LogP contribution is 2.39. The number of nitrogens with zero attached hydrogens (tertiary/aromatic N) is 2. The quantitative estimate of drug-likeness (QED) is 0.564. The van der Waals surface area contributed by atoms with Crippen molar-refractivity contribution in [2.24, 2.45) is 5.92 Å². The van der Waals surface area contributed by atoms with Crippen molar-refractivity contribution in [3.63, 3.8) is 0 Å². The first-order valence-corrected chi connectivity index (χ1v) is 12.7. The Kier molecular flexibility index (Phi) is 8.77. The van der Waals surface area contributed by atoms with Gasteiger partial charge in [-0.25, -0.2) is 0 Å². The number of ether oxygens (including phenoxy) is 2. The van der Waals surface area contributed by atoms with Crippen LogP contribution in [0.4, 0.5) is 0 Å². The lowest BCUT2D eigenvalue weighted by molar-refractivity contribution is -0.129. The van der Waals surface area contributed by atoms with Crippen molar-refractivity contribution in [3.05, 3.63) is 65.7 Å². The van der Waals surface area contributed by atoms with Crippen LogP contribution in [0.1, 0.15) is 49.4 Å². The number of amides is 2. The van der Waals surface area contributed by atoms with Gasteiger partial charge in [-0.1, -0.05) is 55.8 Å². The SMILES string of the molecule is CCCCN1C(=O)CC(C(=O)NCC(c2ccccc2)N2CCOCC2)C1c1ccc(OC)cc1. The van der Waals surface area contributed by atoms with Crippen LogP contribution < -0.4 is 10.1 Å². The molecule has 7 heteroatoms. The van der Waals surface area contributed by atoms with Crippen LogP contribution in [-0.2, 0) is 14.3 Å². The molecule has 2 aromatic rings. The van der Waals surface area contributed by atoms with E-state index in [1.807, 2.05) is 47.4 Å². The van der Waals surface area contributed by atoms with Gasteiger partial charge in [0.2, 0.25) is 11.8 Å². The molecule has 2 aliphatic rings. The van der Waals surface area contributed by atoms with Crippen molar-refractivity contribution in [1.29, 1.82) is 0 Å². The predicted octanol–water partition coefficient (Wildman–Crippen LogP) is 3.57. The van der Waals surface area contributed by atoms with E-state index >= 15 is 0 Å². The van der Waals surface area contributed by atoms with Gasteiger partial charge < -0.3 is 19.7 Å². The van der Waals surface area contributed by atoms with E-state index in [1.165, 1.54) is 5.56 Å². The van der Waals surface area contributed by atoms with Gasteiger partial charge in [-0.2, -0.15) is 0 Å². The van der Waals surface area contributed by atoms with Crippen LogP contribution in [0.15, 0.2) is 54.6 Å². The maximum Gasteiger partial charge on any atom is 0.226 e. The predicted molar refractivity (Wildman–Crippen MR) is 135 cm³/mol. The van der Waals surface area contributed by atoms with Gasteiger partial charge in [0.25, 0.3) is 0 Å². The molecule has 2 fully saturated rings. The van der Waals surface area contributed by atoms with Gasteiger partial charge >= 0.3 is 0 Å². The fourth-order valence-corrected chi connectivity index (χ4v) is 5.18. The Bertz CT molecular complexity index is 960. The molecule has 188 valence electrons. The summed E-state index contributed by atoms with van der Waals surface area (Å²) < 4.78 is 10.9. The topological polar surface area (TPSA) is 71.1 Å². The molecule has 3 unspecified atom stereocenters. The Balaban J connectivity index is 1.52. The van der Waals surface area contributed by atoms with Crippen LogP contribution in [0.25, 0.3) is 0 Å². The van der Waals surface area contributed by atoms with Gasteiger partial charge in [-0.05, 0) is 29.7 Å². The monoisotopic (exact) mass is 479 g/mol. The second-order valence-corrected chi connectivity index (χ2v) is 9.29. The Hall–Kier alpha value is -2.90. The summed E-state index contributed by atoms with van der Waals surface area (Å²) in [4.78, 5) is 30.8. The first kappa shape index (κ1) is 25.2. The minimum absolute atomic E-state index is 0.0483. The van der Waals surface area contributed by atoms with E-state index in [4.69, 9.17) is 9.47 Å². The van der Waals surface area contributed by atoms with Gasteiger partial charge in [0.15, 0.2) is 0 Å². The van der Waals surface area contributed by atoms with Crippen molar-refractivity contribution in [3.8, 4) is 5.75 Å². The molecule has 2 aliphatic heterocycles. The second-order valence-electron chi connectivity index (χ2n) is 9.29. The van der Waals surface area contributed by atoms with Gasteiger partial charge in [-0.3, -0.25) is 14.5 Å². The van der Waals surface area contributed by atoms with E-state index in [1.54, 1.807) is 7.11 Å². The maximum atomic E-state index is 13.6. The summed E-state index contributed by atoms with van der Waals surface area (Å²) in [5.74, 6) is 0.323. The van der Waals surface area contributed by atoms with Gasteiger partial charge in [0, 0.05) is 32.6 Å². The Labute approximate surface area is 208 Å². The molecule has 2 amide bonds. The van der Waals surface area contributed by atoms with Crippen molar-refractivity contribution in [1.82, 2.24) is 15.1 Å². The molecule has 0 aromatic heterocycles. The van der Waals surface area contributed by atoms with Gasteiger partial charge in [0.05, 0.1) is 38.3 Å².